The molecule has 486 valence electrons. The van der Waals surface area contributed by atoms with Crippen LogP contribution in [0.1, 0.15) is 425 Å². The van der Waals surface area contributed by atoms with E-state index in [2.05, 4.69) is 43.5 Å². The number of ether oxygens (including phenoxy) is 1. The van der Waals surface area contributed by atoms with Crippen molar-refractivity contribution in [2.24, 2.45) is 0 Å². The van der Waals surface area contributed by atoms with Crippen LogP contribution in [0.25, 0.3) is 0 Å². The zero-order chi connectivity index (χ0) is 59.2. The van der Waals surface area contributed by atoms with Gasteiger partial charge in [-0.1, -0.05) is 378 Å². The molecule has 2 atom stereocenters. The molecule has 0 spiro atoms. The molecule has 0 fully saturated rings. The van der Waals surface area contributed by atoms with Gasteiger partial charge in [0.1, 0.15) is 0 Å². The number of unbranched alkanes of at least 4 members (excludes halogenated alkanes) is 56. The Labute approximate surface area is 513 Å². The monoisotopic (exact) mass is 1150 g/mol. The lowest BCUT2D eigenvalue weighted by molar-refractivity contribution is -0.143. The lowest BCUT2D eigenvalue weighted by atomic mass is 10.0. The molecule has 6 heteroatoms. The normalized spacial score (nSPS) is 12.6. The van der Waals surface area contributed by atoms with E-state index in [1.807, 2.05) is 0 Å². The van der Waals surface area contributed by atoms with Gasteiger partial charge in [0.15, 0.2) is 0 Å². The van der Waals surface area contributed by atoms with E-state index in [1.165, 1.54) is 347 Å². The van der Waals surface area contributed by atoms with Crippen molar-refractivity contribution in [2.75, 3.05) is 13.2 Å². The molecule has 0 aromatic rings. The van der Waals surface area contributed by atoms with Gasteiger partial charge in [-0.2, -0.15) is 0 Å². The molecule has 1 amide bonds. The molecule has 0 aliphatic heterocycles. The van der Waals surface area contributed by atoms with Crippen LogP contribution in [0.15, 0.2) is 24.3 Å². The maximum Gasteiger partial charge on any atom is 0.305 e. The van der Waals surface area contributed by atoms with Gasteiger partial charge in [0.25, 0.3) is 0 Å². The predicted molar refractivity (Wildman–Crippen MR) is 361 cm³/mol. The first-order chi connectivity index (χ1) is 40.5. The number of allylic oxidation sites excluding steroid dienone is 4. The highest BCUT2D eigenvalue weighted by molar-refractivity contribution is 5.76. The molecule has 82 heavy (non-hydrogen) atoms. The van der Waals surface area contributed by atoms with E-state index in [1.54, 1.807) is 0 Å². The minimum Gasteiger partial charge on any atom is -0.466 e. The number of amides is 1. The van der Waals surface area contributed by atoms with E-state index in [9.17, 15) is 19.8 Å². The molecule has 0 bridgehead atoms. The van der Waals surface area contributed by atoms with Crippen molar-refractivity contribution >= 4 is 11.9 Å². The van der Waals surface area contributed by atoms with E-state index in [0.29, 0.717) is 25.9 Å². The number of aliphatic hydroxyl groups is 2. The van der Waals surface area contributed by atoms with Crippen LogP contribution in [0.4, 0.5) is 0 Å². The molecule has 0 aliphatic rings. The number of carbonyl (C=O) groups excluding carboxylic acids is 2. The zero-order valence-corrected chi connectivity index (χ0v) is 55.8. The number of rotatable bonds is 71. The highest BCUT2D eigenvalue weighted by Crippen LogP contribution is 2.19. The molecule has 0 saturated carbocycles. The highest BCUT2D eigenvalue weighted by Gasteiger charge is 2.20. The Morgan fingerprint density at radius 1 is 0.341 bits per heavy atom. The summed E-state index contributed by atoms with van der Waals surface area (Å²) in [5.74, 6) is -0.00699. The second kappa shape index (κ2) is 71.8. The van der Waals surface area contributed by atoms with Crippen LogP contribution in [-0.4, -0.2) is 47.4 Å². The minimum atomic E-state index is -0.660. The summed E-state index contributed by atoms with van der Waals surface area (Å²) in [4.78, 5) is 24.5. The second-order valence-corrected chi connectivity index (χ2v) is 26.0. The first-order valence-electron chi connectivity index (χ1n) is 37.6. The highest BCUT2D eigenvalue weighted by atomic mass is 16.5. The third-order valence-corrected chi connectivity index (χ3v) is 17.8. The summed E-state index contributed by atoms with van der Waals surface area (Å²) in [5.41, 5.74) is 0. The molecule has 2 unspecified atom stereocenters. The number of hydrogen-bond donors (Lipinski definition) is 3. The number of carbonyl (C=O) groups is 2. The number of nitrogens with one attached hydrogen (secondary N) is 1. The van der Waals surface area contributed by atoms with Gasteiger partial charge < -0.3 is 20.3 Å². The molecule has 0 aromatic heterocycles. The van der Waals surface area contributed by atoms with Crippen LogP contribution in [0.3, 0.4) is 0 Å². The van der Waals surface area contributed by atoms with E-state index in [-0.39, 0.29) is 18.5 Å². The van der Waals surface area contributed by atoms with Gasteiger partial charge in [0.2, 0.25) is 5.91 Å². The minimum absolute atomic E-state index is 0.0245. The summed E-state index contributed by atoms with van der Waals surface area (Å²) in [6, 6.07) is -0.537. The molecule has 3 N–H and O–H groups in total. The topological polar surface area (TPSA) is 95.9 Å². The van der Waals surface area contributed by atoms with Crippen LogP contribution in [0.2, 0.25) is 0 Å². The maximum absolute atomic E-state index is 12.5. The van der Waals surface area contributed by atoms with Gasteiger partial charge in [-0.15, -0.1) is 0 Å². The molecule has 0 heterocycles. The Morgan fingerprint density at radius 2 is 0.610 bits per heavy atom. The van der Waals surface area contributed by atoms with E-state index < -0.39 is 12.1 Å². The van der Waals surface area contributed by atoms with Gasteiger partial charge in [-0.25, -0.2) is 0 Å². The van der Waals surface area contributed by atoms with Crippen molar-refractivity contribution in [3.63, 3.8) is 0 Å². The van der Waals surface area contributed by atoms with Gasteiger partial charge in [0.05, 0.1) is 25.4 Å². The molecular weight excluding hydrogens is 1010 g/mol. The van der Waals surface area contributed by atoms with Crippen LogP contribution < -0.4 is 5.32 Å². The summed E-state index contributed by atoms with van der Waals surface area (Å²) in [5, 5.41) is 23.2. The molecule has 0 aromatic carbocycles. The van der Waals surface area contributed by atoms with Crippen molar-refractivity contribution in [1.29, 1.82) is 0 Å². The number of hydrogen-bond acceptors (Lipinski definition) is 5. The first kappa shape index (κ1) is 80.3. The SMILES string of the molecule is CCCCCCCCCCCCCCCCCCC(=O)OCCCCCCCCCCCCCCCCC/C=C\C/C=C\CCCCCCCCCCCCCCCCCCCC(=O)NC(CO)C(O)CCCCCCCCCCCC. The fraction of sp³-hybridized carbons (Fsp3) is 0.921. The van der Waals surface area contributed by atoms with Crippen molar-refractivity contribution < 1.29 is 24.5 Å². The van der Waals surface area contributed by atoms with Crippen LogP contribution in [-0.2, 0) is 14.3 Å². The Kier molecular flexibility index (Phi) is 70.4. The largest absolute Gasteiger partial charge is 0.466 e. The average molecular weight is 1160 g/mol. The third kappa shape index (κ3) is 67.5. The predicted octanol–water partition coefficient (Wildman–Crippen LogP) is 24.5. The molecule has 0 saturated heterocycles. The summed E-state index contributed by atoms with van der Waals surface area (Å²) in [6.45, 7) is 4.98. The fourth-order valence-corrected chi connectivity index (χ4v) is 12.0. The number of esters is 1. The van der Waals surface area contributed by atoms with E-state index in [4.69, 9.17) is 4.74 Å². The Morgan fingerprint density at radius 3 is 0.927 bits per heavy atom. The molecular formula is C76H147NO5. The fourth-order valence-electron chi connectivity index (χ4n) is 12.0. The van der Waals surface area contributed by atoms with E-state index in [0.717, 1.165) is 44.9 Å². The quantitative estimate of drug-likeness (QED) is 0.0320. The summed E-state index contributed by atoms with van der Waals surface area (Å²) >= 11 is 0. The molecule has 0 rings (SSSR count). The molecule has 0 radical (unpaired) electrons. The second-order valence-electron chi connectivity index (χ2n) is 26.0. The Hall–Kier alpha value is -1.66. The molecule has 0 aliphatic carbocycles. The number of aliphatic hydroxyl groups excluding tert-OH is 2. The van der Waals surface area contributed by atoms with E-state index >= 15 is 0 Å². The van der Waals surface area contributed by atoms with Crippen LogP contribution in [0, 0.1) is 0 Å². The lowest BCUT2D eigenvalue weighted by Crippen LogP contribution is -2.45. The van der Waals surface area contributed by atoms with Crippen molar-refractivity contribution in [3.05, 3.63) is 24.3 Å². The van der Waals surface area contributed by atoms with Gasteiger partial charge in [0, 0.05) is 12.8 Å². The molecule has 6 nitrogen and oxygen atoms in total. The summed E-state index contributed by atoms with van der Waals surface area (Å²) in [7, 11) is 0. The van der Waals surface area contributed by atoms with Crippen LogP contribution in [0.5, 0.6) is 0 Å². The van der Waals surface area contributed by atoms with Crippen molar-refractivity contribution in [3.8, 4) is 0 Å². The standard InChI is InChI=1S/C76H147NO5/c1-3-5-7-9-11-13-15-16-17-44-47-50-54-58-62-66-70-76(81)82-71-67-63-59-55-51-48-45-42-40-38-36-34-32-30-28-26-24-22-20-18-19-21-23-25-27-29-31-33-35-37-39-41-43-46-49-53-57-61-65-69-75(80)77-73(72-78)74(79)68-64-60-56-52-14-12-10-8-6-4-2/h18-19,22,24,73-74,78-79H,3-17,20-21,23,25-72H2,1-2H3,(H,77,80)/b19-18-,24-22-. The van der Waals surface area contributed by atoms with Crippen molar-refractivity contribution in [2.45, 2.75) is 437 Å². The Bertz CT molecular complexity index is 1280. The van der Waals surface area contributed by atoms with Crippen molar-refractivity contribution in [1.82, 2.24) is 5.32 Å². The Balaban J connectivity index is 3.31. The maximum atomic E-state index is 12.5. The summed E-state index contributed by atoms with van der Waals surface area (Å²) in [6.07, 6.45) is 91.3. The van der Waals surface area contributed by atoms with Gasteiger partial charge in [-0.05, 0) is 57.8 Å². The summed E-state index contributed by atoms with van der Waals surface area (Å²) < 4.78 is 5.51. The average Bonchev–Trinajstić information content (AvgIpc) is 3.48. The zero-order valence-electron chi connectivity index (χ0n) is 55.8. The lowest BCUT2D eigenvalue weighted by Gasteiger charge is -2.22. The first-order valence-corrected chi connectivity index (χ1v) is 37.6. The van der Waals surface area contributed by atoms with Gasteiger partial charge in [-0.3, -0.25) is 9.59 Å². The van der Waals surface area contributed by atoms with Gasteiger partial charge >= 0.3 is 5.97 Å². The van der Waals surface area contributed by atoms with Crippen LogP contribution >= 0.6 is 0 Å². The smallest absolute Gasteiger partial charge is 0.305 e. The third-order valence-electron chi connectivity index (χ3n) is 17.8.